The second kappa shape index (κ2) is 9.62. The summed E-state index contributed by atoms with van der Waals surface area (Å²) in [7, 11) is 0. The fourth-order valence-corrected chi connectivity index (χ4v) is 1.39. The highest BCUT2D eigenvalue weighted by Crippen LogP contribution is 2.20. The quantitative estimate of drug-likeness (QED) is 0.626. The summed E-state index contributed by atoms with van der Waals surface area (Å²) in [5, 5.41) is 8.65. The molecule has 20 heavy (non-hydrogen) atoms. The minimum atomic E-state index is -0.885. The Balaban J connectivity index is 0.000000511. The summed E-state index contributed by atoms with van der Waals surface area (Å²) >= 11 is 0. The Morgan fingerprint density at radius 2 is 1.80 bits per heavy atom. The highest BCUT2D eigenvalue weighted by molar-refractivity contribution is 5.66. The number of nitrogens with zero attached hydrogens (tertiary/aromatic N) is 1. The van der Waals surface area contributed by atoms with Crippen LogP contribution < -0.4 is 0 Å². The van der Waals surface area contributed by atoms with Crippen LogP contribution >= 0.6 is 0 Å². The fraction of sp³-hybridized carbons (Fsp3) is 0.286. The van der Waals surface area contributed by atoms with Crippen LogP contribution in [0, 0.1) is 11.3 Å². The van der Waals surface area contributed by atoms with E-state index in [4.69, 9.17) is 5.26 Å². The summed E-state index contributed by atoms with van der Waals surface area (Å²) in [6.45, 7) is 1.92. The summed E-state index contributed by atoms with van der Waals surface area (Å²) in [5.74, 6) is -0.329. The Morgan fingerprint density at radius 3 is 2.00 bits per heavy atom. The Kier molecular flexibility index (Phi) is 8.51. The molecule has 0 aliphatic rings. The highest BCUT2D eigenvalue weighted by Gasteiger charge is 2.10. The van der Waals surface area contributed by atoms with Gasteiger partial charge in [-0.2, -0.15) is 5.26 Å². The van der Waals surface area contributed by atoms with Gasteiger partial charge in [0.05, 0.1) is 17.9 Å². The lowest BCUT2D eigenvalue weighted by Gasteiger charge is -2.06. The molecule has 0 amide bonds. The van der Waals surface area contributed by atoms with Crippen LogP contribution in [0.4, 0.5) is 13.2 Å². The third-order valence-corrected chi connectivity index (χ3v) is 2.16. The molecule has 0 spiro atoms. The standard InChI is InChI=1S/C10H8F3N.C4H6O2/c11-3-7-1-8(4-12)10(6-14)9(2-7)5-13;1-3-6-4(2)5/h1-2H,3-5H2;3H,1H2,2H3. The van der Waals surface area contributed by atoms with Crippen molar-refractivity contribution in [2.75, 3.05) is 0 Å². The van der Waals surface area contributed by atoms with Crippen LogP contribution in [0.5, 0.6) is 0 Å². The first-order valence-electron chi connectivity index (χ1n) is 5.54. The summed E-state index contributed by atoms with van der Waals surface area (Å²) in [5.41, 5.74) is 0.280. The van der Waals surface area contributed by atoms with Crippen molar-refractivity contribution in [3.63, 3.8) is 0 Å². The minimum Gasteiger partial charge on any atom is -0.435 e. The van der Waals surface area contributed by atoms with Gasteiger partial charge in [0, 0.05) is 18.1 Å². The summed E-state index contributed by atoms with van der Waals surface area (Å²) < 4.78 is 41.3. The molecule has 0 aliphatic carbocycles. The van der Waals surface area contributed by atoms with Crippen molar-refractivity contribution in [3.8, 4) is 6.07 Å². The van der Waals surface area contributed by atoms with E-state index in [2.05, 4.69) is 11.3 Å². The van der Waals surface area contributed by atoms with Gasteiger partial charge in [0.2, 0.25) is 0 Å². The number of carbonyl (C=O) groups excluding carboxylic acids is 1. The molecule has 3 nitrogen and oxygen atoms in total. The predicted molar refractivity (Wildman–Crippen MR) is 67.6 cm³/mol. The lowest BCUT2D eigenvalue weighted by molar-refractivity contribution is -0.135. The molecule has 0 aromatic heterocycles. The molecule has 0 bridgehead atoms. The third-order valence-electron chi connectivity index (χ3n) is 2.16. The van der Waals surface area contributed by atoms with Gasteiger partial charge >= 0.3 is 5.97 Å². The number of carbonyl (C=O) groups is 1. The number of halogens is 3. The summed E-state index contributed by atoms with van der Waals surface area (Å²) in [4.78, 5) is 9.75. The van der Waals surface area contributed by atoms with E-state index < -0.39 is 20.0 Å². The molecule has 6 heteroatoms. The second-order valence-electron chi connectivity index (χ2n) is 3.58. The van der Waals surface area contributed by atoms with Crippen LogP contribution in [-0.4, -0.2) is 5.97 Å². The van der Waals surface area contributed by atoms with Crippen molar-refractivity contribution in [2.45, 2.75) is 26.9 Å². The van der Waals surface area contributed by atoms with Gasteiger partial charge in [-0.05, 0) is 17.7 Å². The zero-order valence-corrected chi connectivity index (χ0v) is 11.0. The van der Waals surface area contributed by atoms with Crippen molar-refractivity contribution < 1.29 is 22.7 Å². The van der Waals surface area contributed by atoms with Crippen LogP contribution in [0.2, 0.25) is 0 Å². The van der Waals surface area contributed by atoms with Gasteiger partial charge in [-0.1, -0.05) is 6.58 Å². The molecule has 0 saturated heterocycles. The van der Waals surface area contributed by atoms with Gasteiger partial charge in [-0.3, -0.25) is 4.79 Å². The lowest BCUT2D eigenvalue weighted by Crippen LogP contribution is -1.96. The maximum atomic E-state index is 12.4. The first-order chi connectivity index (χ1) is 9.53. The van der Waals surface area contributed by atoms with E-state index >= 15 is 0 Å². The van der Waals surface area contributed by atoms with Gasteiger partial charge < -0.3 is 4.74 Å². The zero-order valence-electron chi connectivity index (χ0n) is 11.0. The summed E-state index contributed by atoms with van der Waals surface area (Å²) in [6.07, 6.45) is 1.10. The molecule has 1 aromatic carbocycles. The molecule has 108 valence electrons. The molecule has 0 fully saturated rings. The van der Waals surface area contributed by atoms with Crippen LogP contribution in [0.15, 0.2) is 25.0 Å². The van der Waals surface area contributed by atoms with Crippen molar-refractivity contribution in [1.82, 2.24) is 0 Å². The first-order valence-corrected chi connectivity index (χ1v) is 5.54. The molecule has 1 rings (SSSR count). The molecule has 0 aliphatic heterocycles. The Morgan fingerprint density at radius 1 is 1.30 bits per heavy atom. The number of hydrogen-bond acceptors (Lipinski definition) is 3. The van der Waals surface area contributed by atoms with Gasteiger partial charge in [0.25, 0.3) is 0 Å². The molecular formula is C14H14F3NO2. The summed E-state index contributed by atoms with van der Waals surface area (Å²) in [6, 6.07) is 4.21. The molecule has 0 radical (unpaired) electrons. The van der Waals surface area contributed by atoms with Crippen LogP contribution in [0.1, 0.15) is 29.2 Å². The number of nitriles is 1. The average Bonchev–Trinajstić information content (AvgIpc) is 2.45. The van der Waals surface area contributed by atoms with E-state index in [1.54, 1.807) is 6.07 Å². The lowest BCUT2D eigenvalue weighted by atomic mass is 10.00. The van der Waals surface area contributed by atoms with Gasteiger partial charge in [0.15, 0.2) is 0 Å². The van der Waals surface area contributed by atoms with Gasteiger partial charge in [-0.15, -0.1) is 0 Å². The van der Waals surface area contributed by atoms with Crippen LogP contribution in [0.25, 0.3) is 0 Å². The molecule has 1 aromatic rings. The number of benzene rings is 1. The second-order valence-corrected chi connectivity index (χ2v) is 3.58. The Bertz CT molecular complexity index is 485. The van der Waals surface area contributed by atoms with Crippen molar-refractivity contribution >= 4 is 5.97 Å². The topological polar surface area (TPSA) is 50.1 Å². The molecule has 0 saturated carbocycles. The normalized spacial score (nSPS) is 8.95. The van der Waals surface area contributed by atoms with Gasteiger partial charge in [0.1, 0.15) is 20.0 Å². The van der Waals surface area contributed by atoms with Crippen LogP contribution in [-0.2, 0) is 29.6 Å². The van der Waals surface area contributed by atoms with E-state index in [0.717, 1.165) is 6.26 Å². The van der Waals surface area contributed by atoms with E-state index in [1.165, 1.54) is 19.1 Å². The van der Waals surface area contributed by atoms with Crippen molar-refractivity contribution in [2.24, 2.45) is 0 Å². The van der Waals surface area contributed by atoms with Crippen LogP contribution in [0.3, 0.4) is 0 Å². The number of rotatable bonds is 4. The Labute approximate surface area is 115 Å². The molecule has 0 N–H and O–H groups in total. The maximum absolute atomic E-state index is 12.4. The number of hydrogen-bond donors (Lipinski definition) is 0. The SMILES string of the molecule is C=COC(C)=O.N#Cc1c(CF)cc(CF)cc1CF. The zero-order chi connectivity index (χ0) is 15.5. The largest absolute Gasteiger partial charge is 0.435 e. The minimum absolute atomic E-state index is 0.0211. The van der Waals surface area contributed by atoms with E-state index in [-0.39, 0.29) is 28.2 Å². The van der Waals surface area contributed by atoms with E-state index in [9.17, 15) is 18.0 Å². The third kappa shape index (κ3) is 5.57. The van der Waals surface area contributed by atoms with E-state index in [0.29, 0.717) is 0 Å². The monoisotopic (exact) mass is 285 g/mol. The average molecular weight is 285 g/mol. The molecular weight excluding hydrogens is 271 g/mol. The molecule has 0 heterocycles. The van der Waals surface area contributed by atoms with Crippen molar-refractivity contribution in [1.29, 1.82) is 5.26 Å². The smallest absolute Gasteiger partial charge is 0.307 e. The molecule has 0 atom stereocenters. The predicted octanol–water partition coefficient (Wildman–Crippen LogP) is 3.66. The number of esters is 1. The molecule has 0 unspecified atom stereocenters. The first kappa shape index (κ1) is 17.7. The Hall–Kier alpha value is -2.29. The van der Waals surface area contributed by atoms with Gasteiger partial charge in [-0.25, -0.2) is 13.2 Å². The van der Waals surface area contributed by atoms with Crippen molar-refractivity contribution in [3.05, 3.63) is 47.2 Å². The van der Waals surface area contributed by atoms with E-state index in [1.807, 2.05) is 0 Å². The number of alkyl halides is 3. The fourth-order valence-electron chi connectivity index (χ4n) is 1.39. The highest BCUT2D eigenvalue weighted by atomic mass is 19.1. The number of ether oxygens (including phenoxy) is 1. The maximum Gasteiger partial charge on any atom is 0.307 e.